The third-order valence-electron chi connectivity index (χ3n) is 2.90. The van der Waals surface area contributed by atoms with E-state index in [1.165, 1.54) is 18.2 Å². The van der Waals surface area contributed by atoms with Gasteiger partial charge in [0.25, 0.3) is 0 Å². The normalized spacial score (nSPS) is 18.1. The predicted molar refractivity (Wildman–Crippen MR) is 50.5 cm³/mol. The van der Waals surface area contributed by atoms with Crippen molar-refractivity contribution in [2.75, 3.05) is 6.61 Å². The van der Waals surface area contributed by atoms with Gasteiger partial charge in [0, 0.05) is 6.61 Å². The van der Waals surface area contributed by atoms with Crippen molar-refractivity contribution in [2.45, 2.75) is 19.3 Å². The largest absolute Gasteiger partial charge is 0.508 e. The van der Waals surface area contributed by atoms with Crippen LogP contribution in [-0.4, -0.2) is 16.8 Å². The lowest BCUT2D eigenvalue weighted by atomic mass is 9.97. The Balaban J connectivity index is 2.20. The summed E-state index contributed by atoms with van der Waals surface area (Å²) >= 11 is 0. The maximum absolute atomic E-state index is 12.9. The molecular weight excluding hydrogens is 183 g/mol. The van der Waals surface area contributed by atoms with Crippen LogP contribution in [-0.2, 0) is 6.42 Å². The first kappa shape index (κ1) is 9.46. The van der Waals surface area contributed by atoms with Crippen molar-refractivity contribution >= 4 is 0 Å². The molecule has 1 fully saturated rings. The Morgan fingerprint density at radius 1 is 1.36 bits per heavy atom. The van der Waals surface area contributed by atoms with Gasteiger partial charge < -0.3 is 10.2 Å². The van der Waals surface area contributed by atoms with Crippen LogP contribution in [0.1, 0.15) is 18.4 Å². The van der Waals surface area contributed by atoms with Crippen molar-refractivity contribution in [3.8, 4) is 5.75 Å². The quantitative estimate of drug-likeness (QED) is 0.774. The van der Waals surface area contributed by atoms with Crippen LogP contribution in [0.3, 0.4) is 0 Å². The molecule has 0 amide bonds. The molecule has 0 atom stereocenters. The molecule has 2 nitrogen and oxygen atoms in total. The highest BCUT2D eigenvalue weighted by Crippen LogP contribution is 2.48. The Bertz CT molecular complexity index is 345. The molecule has 0 saturated heterocycles. The van der Waals surface area contributed by atoms with Crippen LogP contribution in [0.2, 0.25) is 0 Å². The Kier molecular flexibility index (Phi) is 2.19. The van der Waals surface area contributed by atoms with Crippen LogP contribution in [0, 0.1) is 11.2 Å². The zero-order valence-corrected chi connectivity index (χ0v) is 7.83. The van der Waals surface area contributed by atoms with Gasteiger partial charge in [0.05, 0.1) is 0 Å². The zero-order chi connectivity index (χ0) is 10.2. The molecule has 0 bridgehead atoms. The molecule has 0 aliphatic heterocycles. The number of aliphatic hydroxyl groups is 1. The number of phenols is 1. The Hall–Kier alpha value is -1.09. The van der Waals surface area contributed by atoms with Gasteiger partial charge in [0.15, 0.2) is 0 Å². The van der Waals surface area contributed by atoms with E-state index in [4.69, 9.17) is 5.11 Å². The summed E-state index contributed by atoms with van der Waals surface area (Å²) in [5, 5.41) is 18.6. The highest BCUT2D eigenvalue weighted by Gasteiger charge is 2.42. The first-order valence-corrected chi connectivity index (χ1v) is 4.73. The summed E-state index contributed by atoms with van der Waals surface area (Å²) in [6.45, 7) is 0.114. The molecular formula is C11H13FO2. The molecule has 0 spiro atoms. The first-order chi connectivity index (χ1) is 6.65. The van der Waals surface area contributed by atoms with Gasteiger partial charge in [0.2, 0.25) is 0 Å². The number of benzene rings is 1. The third kappa shape index (κ3) is 1.73. The van der Waals surface area contributed by atoms with Crippen LogP contribution in [0.4, 0.5) is 4.39 Å². The Labute approximate surface area is 82.0 Å². The number of hydrogen-bond donors (Lipinski definition) is 2. The molecule has 1 aliphatic rings. The van der Waals surface area contributed by atoms with Crippen LogP contribution >= 0.6 is 0 Å². The van der Waals surface area contributed by atoms with Crippen molar-refractivity contribution in [3.05, 3.63) is 29.6 Å². The lowest BCUT2D eigenvalue weighted by Gasteiger charge is -2.12. The summed E-state index contributed by atoms with van der Waals surface area (Å²) in [4.78, 5) is 0. The topological polar surface area (TPSA) is 40.5 Å². The Morgan fingerprint density at radius 3 is 2.64 bits per heavy atom. The van der Waals surface area contributed by atoms with Gasteiger partial charge in [-0.2, -0.15) is 0 Å². The van der Waals surface area contributed by atoms with Gasteiger partial charge in [-0.1, -0.05) is 0 Å². The van der Waals surface area contributed by atoms with Gasteiger partial charge in [-0.3, -0.25) is 0 Å². The maximum Gasteiger partial charge on any atom is 0.123 e. The molecule has 3 heteroatoms. The summed E-state index contributed by atoms with van der Waals surface area (Å²) < 4.78 is 12.9. The number of aliphatic hydroxyl groups excluding tert-OH is 1. The average Bonchev–Trinajstić information content (AvgIpc) is 2.92. The van der Waals surface area contributed by atoms with Crippen LogP contribution in [0.15, 0.2) is 18.2 Å². The minimum absolute atomic E-state index is 0.0920. The number of aromatic hydroxyl groups is 1. The van der Waals surface area contributed by atoms with Crippen molar-refractivity contribution in [3.63, 3.8) is 0 Å². The standard InChI is InChI=1S/C11H13FO2/c12-9-1-2-10(14)8(5-9)6-11(7-13)3-4-11/h1-2,5,13-14H,3-4,6-7H2. The van der Waals surface area contributed by atoms with Gasteiger partial charge in [-0.25, -0.2) is 4.39 Å². The zero-order valence-electron chi connectivity index (χ0n) is 7.83. The average molecular weight is 196 g/mol. The van der Waals surface area contributed by atoms with Crippen LogP contribution < -0.4 is 0 Å². The van der Waals surface area contributed by atoms with Gasteiger partial charge in [0.1, 0.15) is 11.6 Å². The molecule has 1 saturated carbocycles. The van der Waals surface area contributed by atoms with Gasteiger partial charge in [-0.15, -0.1) is 0 Å². The molecule has 76 valence electrons. The summed E-state index contributed by atoms with van der Waals surface area (Å²) in [7, 11) is 0. The van der Waals surface area contributed by atoms with Crippen LogP contribution in [0.25, 0.3) is 0 Å². The molecule has 0 heterocycles. The second-order valence-corrected chi connectivity index (χ2v) is 4.11. The van der Waals surface area contributed by atoms with Crippen molar-refractivity contribution in [2.24, 2.45) is 5.41 Å². The lowest BCUT2D eigenvalue weighted by Crippen LogP contribution is -2.10. The van der Waals surface area contributed by atoms with E-state index in [-0.39, 0.29) is 23.6 Å². The molecule has 1 aromatic carbocycles. The molecule has 1 aliphatic carbocycles. The van der Waals surface area contributed by atoms with E-state index in [9.17, 15) is 9.50 Å². The fourth-order valence-electron chi connectivity index (χ4n) is 1.67. The van der Waals surface area contributed by atoms with Crippen molar-refractivity contribution in [1.29, 1.82) is 0 Å². The molecule has 0 unspecified atom stereocenters. The van der Waals surface area contributed by atoms with E-state index in [1.54, 1.807) is 0 Å². The summed E-state index contributed by atoms with van der Waals surface area (Å²) in [6, 6.07) is 3.93. The maximum atomic E-state index is 12.9. The molecule has 0 radical (unpaired) electrons. The van der Waals surface area contributed by atoms with E-state index in [1.807, 2.05) is 0 Å². The fraction of sp³-hybridized carbons (Fsp3) is 0.455. The molecule has 14 heavy (non-hydrogen) atoms. The Morgan fingerprint density at radius 2 is 2.07 bits per heavy atom. The minimum Gasteiger partial charge on any atom is -0.508 e. The monoisotopic (exact) mass is 196 g/mol. The molecule has 1 aromatic rings. The molecule has 2 N–H and O–H groups in total. The van der Waals surface area contributed by atoms with E-state index in [2.05, 4.69) is 0 Å². The van der Waals surface area contributed by atoms with E-state index in [0.717, 1.165) is 12.8 Å². The molecule has 0 aromatic heterocycles. The van der Waals surface area contributed by atoms with E-state index < -0.39 is 0 Å². The smallest absolute Gasteiger partial charge is 0.123 e. The molecule has 2 rings (SSSR count). The lowest BCUT2D eigenvalue weighted by molar-refractivity contribution is 0.210. The second kappa shape index (κ2) is 3.24. The summed E-state index contributed by atoms with van der Waals surface area (Å²) in [5.74, 6) is -0.224. The second-order valence-electron chi connectivity index (χ2n) is 4.11. The summed E-state index contributed by atoms with van der Waals surface area (Å²) in [6.07, 6.45) is 2.48. The van der Waals surface area contributed by atoms with E-state index >= 15 is 0 Å². The van der Waals surface area contributed by atoms with E-state index in [0.29, 0.717) is 12.0 Å². The van der Waals surface area contributed by atoms with Gasteiger partial charge in [-0.05, 0) is 48.4 Å². The third-order valence-corrected chi connectivity index (χ3v) is 2.90. The predicted octanol–water partition coefficient (Wildman–Crippen LogP) is 1.85. The number of hydrogen-bond acceptors (Lipinski definition) is 2. The highest BCUT2D eigenvalue weighted by atomic mass is 19.1. The highest BCUT2D eigenvalue weighted by molar-refractivity contribution is 5.34. The van der Waals surface area contributed by atoms with Crippen molar-refractivity contribution in [1.82, 2.24) is 0 Å². The minimum atomic E-state index is -0.341. The van der Waals surface area contributed by atoms with Gasteiger partial charge >= 0.3 is 0 Å². The number of phenolic OH excluding ortho intramolecular Hbond substituents is 1. The van der Waals surface area contributed by atoms with Crippen molar-refractivity contribution < 1.29 is 14.6 Å². The number of rotatable bonds is 3. The SMILES string of the molecule is OCC1(Cc2cc(F)ccc2O)CC1. The first-order valence-electron chi connectivity index (χ1n) is 4.73. The fourth-order valence-corrected chi connectivity index (χ4v) is 1.67. The van der Waals surface area contributed by atoms with Crippen LogP contribution in [0.5, 0.6) is 5.75 Å². The summed E-state index contributed by atoms with van der Waals surface area (Å²) in [5.41, 5.74) is 0.502. The number of halogens is 1.